The Kier molecular flexibility index (Phi) is 9.76. The fourth-order valence-electron chi connectivity index (χ4n) is 6.00. The largest absolute Gasteiger partial charge is 0.457 e. The van der Waals surface area contributed by atoms with Crippen molar-refractivity contribution in [3.63, 3.8) is 0 Å². The number of imidazole rings is 1. The lowest BCUT2D eigenvalue weighted by atomic mass is 9.95. The number of nitrogen functional groups attached to an aromatic ring is 1. The third kappa shape index (κ3) is 6.68. The maximum atomic E-state index is 13.6. The summed E-state index contributed by atoms with van der Waals surface area (Å²) >= 11 is 0. The standard InChI is InChI=1S/C33H40N6O5/c1-36(2)15-16-37(17-18-40)29-20-26(24-13-14-28-27(19-24)35-22-38(28)25-11-7-4-8-12-25)32(39(42)43)31(34)30(29)33(41)44-21-23-9-5-3-6-10-23/h3,5-6,9-10,13-14,19-20,22,25,40H,4,7-8,11-12,15-18,21,34H2,1-2H3. The highest BCUT2D eigenvalue weighted by Gasteiger charge is 2.32. The van der Waals surface area contributed by atoms with E-state index in [1.54, 1.807) is 6.07 Å². The number of ether oxygens (including phenoxy) is 1. The number of hydrogen-bond donors (Lipinski definition) is 2. The van der Waals surface area contributed by atoms with Crippen LogP contribution in [0.5, 0.6) is 0 Å². The van der Waals surface area contributed by atoms with Gasteiger partial charge in [0.05, 0.1) is 40.1 Å². The number of nitrogens with two attached hydrogens (primary N) is 1. The second-order valence-corrected chi connectivity index (χ2v) is 11.6. The molecule has 0 unspecified atom stereocenters. The average Bonchev–Trinajstić information content (AvgIpc) is 3.45. The highest BCUT2D eigenvalue weighted by atomic mass is 16.6. The molecule has 1 saturated carbocycles. The zero-order chi connectivity index (χ0) is 31.2. The third-order valence-electron chi connectivity index (χ3n) is 8.30. The molecule has 3 N–H and O–H groups in total. The van der Waals surface area contributed by atoms with Gasteiger partial charge in [-0.05, 0) is 56.3 Å². The van der Waals surface area contributed by atoms with E-state index in [-0.39, 0.29) is 42.3 Å². The van der Waals surface area contributed by atoms with Crippen molar-refractivity contribution in [2.24, 2.45) is 0 Å². The maximum Gasteiger partial charge on any atom is 0.342 e. The van der Waals surface area contributed by atoms with Gasteiger partial charge in [0.15, 0.2) is 0 Å². The summed E-state index contributed by atoms with van der Waals surface area (Å²) in [6.07, 6.45) is 7.69. The number of aromatic nitrogens is 2. The van der Waals surface area contributed by atoms with Crippen molar-refractivity contribution in [3.05, 3.63) is 82.2 Å². The lowest BCUT2D eigenvalue weighted by molar-refractivity contribution is -0.383. The predicted octanol–water partition coefficient (Wildman–Crippen LogP) is 5.42. The molecule has 1 heterocycles. The molecule has 11 nitrogen and oxygen atoms in total. The summed E-state index contributed by atoms with van der Waals surface area (Å²) in [5, 5.41) is 22.5. The van der Waals surface area contributed by atoms with Crippen LogP contribution in [0.25, 0.3) is 22.2 Å². The van der Waals surface area contributed by atoms with E-state index in [1.807, 2.05) is 78.8 Å². The number of esters is 1. The Morgan fingerprint density at radius 2 is 1.84 bits per heavy atom. The van der Waals surface area contributed by atoms with Crippen molar-refractivity contribution >= 4 is 34.1 Å². The Morgan fingerprint density at radius 1 is 1.09 bits per heavy atom. The molecular formula is C33H40N6O5. The van der Waals surface area contributed by atoms with Gasteiger partial charge in [-0.25, -0.2) is 9.78 Å². The predicted molar refractivity (Wildman–Crippen MR) is 172 cm³/mol. The lowest BCUT2D eigenvalue weighted by Gasteiger charge is -2.28. The van der Waals surface area contributed by atoms with E-state index < -0.39 is 10.9 Å². The fourth-order valence-corrected chi connectivity index (χ4v) is 6.00. The zero-order valence-electron chi connectivity index (χ0n) is 25.3. The SMILES string of the molecule is CN(C)CCN(CCO)c1cc(-c2ccc3c(c2)ncn3C2CCCCC2)c([N+](=O)[O-])c(N)c1C(=O)OCc1ccccc1. The minimum absolute atomic E-state index is 0.0217. The molecule has 3 aromatic carbocycles. The highest BCUT2D eigenvalue weighted by Crippen LogP contribution is 2.43. The second kappa shape index (κ2) is 13.9. The molecule has 0 amide bonds. The van der Waals surface area contributed by atoms with Crippen molar-refractivity contribution in [1.82, 2.24) is 14.5 Å². The van der Waals surface area contributed by atoms with Crippen LogP contribution in [0.4, 0.5) is 17.1 Å². The quantitative estimate of drug-likeness (QED) is 0.0944. The first-order valence-electron chi connectivity index (χ1n) is 15.1. The van der Waals surface area contributed by atoms with Gasteiger partial charge in [0.1, 0.15) is 17.9 Å². The minimum atomic E-state index is -0.773. The summed E-state index contributed by atoms with van der Waals surface area (Å²) in [4.78, 5) is 34.1. The second-order valence-electron chi connectivity index (χ2n) is 11.6. The maximum absolute atomic E-state index is 13.6. The number of aliphatic hydroxyl groups is 1. The molecule has 0 radical (unpaired) electrons. The molecule has 0 saturated heterocycles. The number of benzene rings is 3. The molecule has 0 bridgehead atoms. The highest BCUT2D eigenvalue weighted by molar-refractivity contribution is 6.06. The number of nitro groups is 1. The number of carbonyl (C=O) groups is 1. The number of nitrogens with zero attached hydrogens (tertiary/aromatic N) is 5. The number of likely N-dealkylation sites (N-methyl/N-ethyl adjacent to an activating group) is 1. The minimum Gasteiger partial charge on any atom is -0.457 e. The van der Waals surface area contributed by atoms with Gasteiger partial charge >= 0.3 is 11.7 Å². The van der Waals surface area contributed by atoms with Crippen molar-refractivity contribution in [2.75, 3.05) is 51.0 Å². The van der Waals surface area contributed by atoms with Crippen molar-refractivity contribution in [1.29, 1.82) is 0 Å². The van der Waals surface area contributed by atoms with Crippen LogP contribution in [0.2, 0.25) is 0 Å². The topological polar surface area (TPSA) is 140 Å². The number of carbonyl (C=O) groups excluding carboxylic acids is 1. The van der Waals surface area contributed by atoms with Gasteiger partial charge in [-0.3, -0.25) is 10.1 Å². The molecule has 1 aliphatic rings. The van der Waals surface area contributed by atoms with E-state index in [2.05, 4.69) is 9.55 Å². The van der Waals surface area contributed by atoms with Gasteiger partial charge in [0.25, 0.3) is 0 Å². The van der Waals surface area contributed by atoms with Gasteiger partial charge in [-0.2, -0.15) is 0 Å². The molecule has 0 atom stereocenters. The molecule has 11 heteroatoms. The first kappa shape index (κ1) is 31.0. The van der Waals surface area contributed by atoms with Gasteiger partial charge in [-0.1, -0.05) is 55.7 Å². The van der Waals surface area contributed by atoms with Crippen molar-refractivity contribution in [2.45, 2.75) is 44.8 Å². The van der Waals surface area contributed by atoms with Crippen LogP contribution in [0, 0.1) is 10.1 Å². The van der Waals surface area contributed by atoms with Gasteiger partial charge in [-0.15, -0.1) is 0 Å². The van der Waals surface area contributed by atoms with E-state index in [1.165, 1.54) is 19.3 Å². The molecule has 0 spiro atoms. The van der Waals surface area contributed by atoms with Crippen LogP contribution < -0.4 is 10.6 Å². The van der Waals surface area contributed by atoms with E-state index in [0.29, 0.717) is 30.4 Å². The molecule has 1 aromatic heterocycles. The first-order valence-corrected chi connectivity index (χ1v) is 15.1. The van der Waals surface area contributed by atoms with E-state index in [0.717, 1.165) is 29.4 Å². The Labute approximate surface area is 257 Å². The number of hydrogen-bond acceptors (Lipinski definition) is 9. The van der Waals surface area contributed by atoms with Crippen LogP contribution in [0.15, 0.2) is 60.9 Å². The Balaban J connectivity index is 1.62. The summed E-state index contributed by atoms with van der Waals surface area (Å²) in [7, 11) is 3.84. The normalized spacial score (nSPS) is 13.8. The Morgan fingerprint density at radius 3 is 2.52 bits per heavy atom. The first-order chi connectivity index (χ1) is 21.3. The monoisotopic (exact) mass is 600 g/mol. The van der Waals surface area contributed by atoms with E-state index in [4.69, 9.17) is 10.5 Å². The molecule has 5 rings (SSSR count). The Bertz CT molecular complexity index is 1610. The van der Waals surface area contributed by atoms with E-state index in [9.17, 15) is 20.0 Å². The molecule has 0 aliphatic heterocycles. The van der Waals surface area contributed by atoms with E-state index >= 15 is 0 Å². The number of fused-ring (bicyclic) bond motifs is 1. The van der Waals surface area contributed by atoms with Crippen LogP contribution in [-0.4, -0.2) is 70.8 Å². The average molecular weight is 601 g/mol. The molecule has 1 fully saturated rings. The number of nitro benzene ring substituents is 1. The van der Waals surface area contributed by atoms with Gasteiger partial charge < -0.3 is 29.9 Å². The molecule has 232 valence electrons. The lowest BCUT2D eigenvalue weighted by Crippen LogP contribution is -2.35. The van der Waals surface area contributed by atoms with Crippen LogP contribution in [0.1, 0.15) is 54.1 Å². The summed E-state index contributed by atoms with van der Waals surface area (Å²) in [5.74, 6) is -0.773. The molecule has 4 aromatic rings. The number of anilines is 2. The summed E-state index contributed by atoms with van der Waals surface area (Å²) in [6.45, 7) is 1.02. The zero-order valence-corrected chi connectivity index (χ0v) is 25.3. The van der Waals surface area contributed by atoms with Crippen LogP contribution in [0.3, 0.4) is 0 Å². The Hall–Kier alpha value is -4.48. The summed E-state index contributed by atoms with van der Waals surface area (Å²) in [6, 6.07) is 16.8. The summed E-state index contributed by atoms with van der Waals surface area (Å²) < 4.78 is 7.84. The number of rotatable bonds is 12. The smallest absolute Gasteiger partial charge is 0.342 e. The fraction of sp³-hybridized carbons (Fsp3) is 0.394. The van der Waals surface area contributed by atoms with Gasteiger partial charge in [0, 0.05) is 25.7 Å². The third-order valence-corrected chi connectivity index (χ3v) is 8.30. The molecule has 1 aliphatic carbocycles. The van der Waals surface area contributed by atoms with Crippen LogP contribution in [-0.2, 0) is 11.3 Å². The molecular weight excluding hydrogens is 560 g/mol. The van der Waals surface area contributed by atoms with Crippen molar-refractivity contribution in [3.8, 4) is 11.1 Å². The summed E-state index contributed by atoms with van der Waals surface area (Å²) in [5.41, 5.74) is 9.47. The number of aliphatic hydroxyl groups excluding tert-OH is 1. The van der Waals surface area contributed by atoms with Gasteiger partial charge in [0.2, 0.25) is 0 Å². The molecule has 44 heavy (non-hydrogen) atoms. The van der Waals surface area contributed by atoms with Crippen LogP contribution >= 0.6 is 0 Å². The van der Waals surface area contributed by atoms with Crippen molar-refractivity contribution < 1.29 is 19.6 Å².